The summed E-state index contributed by atoms with van der Waals surface area (Å²) in [5, 5.41) is 2.87. The van der Waals surface area contributed by atoms with Crippen LogP contribution in [0, 0.1) is 0 Å². The van der Waals surface area contributed by atoms with Crippen molar-refractivity contribution in [2.45, 2.75) is 31.9 Å². The van der Waals surface area contributed by atoms with Crippen molar-refractivity contribution in [1.29, 1.82) is 0 Å². The van der Waals surface area contributed by atoms with Crippen molar-refractivity contribution in [2.75, 3.05) is 29.6 Å². The average Bonchev–Trinajstić information content (AvgIpc) is 2.92. The fraction of sp³-hybridized carbons (Fsp3) is 0.500. The molecule has 3 N–H and O–H groups in total. The monoisotopic (exact) mass is 261 g/mol. The van der Waals surface area contributed by atoms with Crippen molar-refractivity contribution in [3.63, 3.8) is 0 Å². The molecule has 0 aliphatic carbocycles. The first kappa shape index (κ1) is 12.3. The topological polar surface area (TPSA) is 67.6 Å². The number of nitrogens with two attached hydrogens (primary N) is 1. The molecule has 2 unspecified atom stereocenters. The third-order valence-electron chi connectivity index (χ3n) is 4.09. The van der Waals surface area contributed by atoms with Gasteiger partial charge in [-0.3, -0.25) is 4.79 Å². The number of benzene rings is 1. The predicted molar refractivity (Wildman–Crippen MR) is 75.4 cm³/mol. The van der Waals surface area contributed by atoms with Gasteiger partial charge < -0.3 is 20.7 Å². The summed E-state index contributed by atoms with van der Waals surface area (Å²) in [6, 6.07) is 4.21. The molecule has 0 radical (unpaired) electrons. The predicted octanol–water partition coefficient (Wildman–Crippen LogP) is 1.38. The summed E-state index contributed by atoms with van der Waals surface area (Å²) in [6.07, 6.45) is 1.62. The smallest absolute Gasteiger partial charge is 0.228 e. The molecular weight excluding hydrogens is 242 g/mol. The number of nitrogens with zero attached hydrogens (tertiary/aromatic N) is 1. The standard InChI is InChI=1S/C14H19N3O2/c1-8-12(3-4-19-8)17(2)13-7-11-9(5-10(13)15)6-14(18)16-11/h5,7-8,12H,3-4,6,15H2,1-2H3,(H,16,18). The molecule has 0 saturated carbocycles. The first-order valence-corrected chi connectivity index (χ1v) is 6.63. The van der Waals surface area contributed by atoms with Crippen LogP contribution in [0.5, 0.6) is 0 Å². The first-order chi connectivity index (χ1) is 9.06. The molecule has 0 spiro atoms. The second-order valence-corrected chi connectivity index (χ2v) is 5.34. The van der Waals surface area contributed by atoms with E-state index < -0.39 is 0 Å². The summed E-state index contributed by atoms with van der Waals surface area (Å²) in [7, 11) is 2.03. The van der Waals surface area contributed by atoms with Crippen LogP contribution in [0.1, 0.15) is 18.9 Å². The van der Waals surface area contributed by atoms with Crippen molar-refractivity contribution in [1.82, 2.24) is 0 Å². The van der Waals surface area contributed by atoms with Gasteiger partial charge in [0.1, 0.15) is 0 Å². The highest BCUT2D eigenvalue weighted by Crippen LogP contribution is 2.35. The van der Waals surface area contributed by atoms with E-state index >= 15 is 0 Å². The van der Waals surface area contributed by atoms with E-state index in [9.17, 15) is 4.79 Å². The SMILES string of the molecule is CC1OCCC1N(C)c1cc2c(cc1N)CC(=O)N2. The van der Waals surface area contributed by atoms with E-state index in [2.05, 4.69) is 17.1 Å². The fourth-order valence-electron chi connectivity index (χ4n) is 3.00. The van der Waals surface area contributed by atoms with Crippen molar-refractivity contribution >= 4 is 23.0 Å². The molecule has 1 saturated heterocycles. The van der Waals surface area contributed by atoms with Gasteiger partial charge >= 0.3 is 0 Å². The maximum Gasteiger partial charge on any atom is 0.228 e. The Hall–Kier alpha value is -1.75. The van der Waals surface area contributed by atoms with Crippen LogP contribution < -0.4 is 16.0 Å². The third-order valence-corrected chi connectivity index (χ3v) is 4.09. The molecule has 2 heterocycles. The van der Waals surface area contributed by atoms with Crippen LogP contribution in [0.25, 0.3) is 0 Å². The lowest BCUT2D eigenvalue weighted by atomic mass is 10.1. The zero-order chi connectivity index (χ0) is 13.6. The van der Waals surface area contributed by atoms with Gasteiger partial charge in [0.15, 0.2) is 0 Å². The largest absolute Gasteiger partial charge is 0.397 e. The molecule has 3 rings (SSSR count). The van der Waals surface area contributed by atoms with Gasteiger partial charge in [0, 0.05) is 19.3 Å². The Bertz CT molecular complexity index is 530. The van der Waals surface area contributed by atoms with Gasteiger partial charge in [0.2, 0.25) is 5.91 Å². The van der Waals surface area contributed by atoms with E-state index in [0.29, 0.717) is 12.5 Å². The summed E-state index contributed by atoms with van der Waals surface area (Å²) in [5.74, 6) is 0.0340. The second-order valence-electron chi connectivity index (χ2n) is 5.34. The highest BCUT2D eigenvalue weighted by atomic mass is 16.5. The molecule has 5 nitrogen and oxygen atoms in total. The van der Waals surface area contributed by atoms with Crippen LogP contribution in [0.15, 0.2) is 12.1 Å². The second kappa shape index (κ2) is 4.42. The Morgan fingerprint density at radius 3 is 2.95 bits per heavy atom. The molecule has 2 aliphatic heterocycles. The number of hydrogen-bond donors (Lipinski definition) is 2. The van der Waals surface area contributed by atoms with Crippen LogP contribution in [0.4, 0.5) is 17.1 Å². The lowest BCUT2D eigenvalue weighted by Gasteiger charge is -2.30. The summed E-state index contributed by atoms with van der Waals surface area (Å²) >= 11 is 0. The van der Waals surface area contributed by atoms with E-state index in [0.717, 1.165) is 35.7 Å². The minimum atomic E-state index is 0.0340. The Morgan fingerprint density at radius 2 is 2.26 bits per heavy atom. The summed E-state index contributed by atoms with van der Waals surface area (Å²) in [6.45, 7) is 2.87. The van der Waals surface area contributed by atoms with Gasteiger partial charge in [-0.1, -0.05) is 0 Å². The highest BCUT2D eigenvalue weighted by molar-refractivity contribution is 6.00. The number of ether oxygens (including phenoxy) is 1. The quantitative estimate of drug-likeness (QED) is 0.789. The number of rotatable bonds is 2. The molecule has 0 bridgehead atoms. The first-order valence-electron chi connectivity index (χ1n) is 6.63. The Morgan fingerprint density at radius 1 is 1.47 bits per heavy atom. The fourth-order valence-corrected chi connectivity index (χ4v) is 3.00. The maximum atomic E-state index is 11.4. The molecule has 19 heavy (non-hydrogen) atoms. The van der Waals surface area contributed by atoms with Crippen LogP contribution >= 0.6 is 0 Å². The van der Waals surface area contributed by atoms with Gasteiger partial charge in [-0.05, 0) is 31.0 Å². The summed E-state index contributed by atoms with van der Waals surface area (Å²) in [5.41, 5.74) is 9.68. The average molecular weight is 261 g/mol. The molecule has 1 amide bonds. The molecule has 2 atom stereocenters. The number of carbonyl (C=O) groups excluding carboxylic acids is 1. The number of likely N-dealkylation sites (N-methyl/N-ethyl adjacent to an activating group) is 1. The van der Waals surface area contributed by atoms with Crippen LogP contribution in [0.3, 0.4) is 0 Å². The van der Waals surface area contributed by atoms with Crippen molar-refractivity contribution < 1.29 is 9.53 Å². The van der Waals surface area contributed by atoms with Crippen LogP contribution in [-0.4, -0.2) is 31.7 Å². The molecular formula is C14H19N3O2. The van der Waals surface area contributed by atoms with Gasteiger partial charge in [-0.2, -0.15) is 0 Å². The molecule has 0 aromatic heterocycles. The number of amides is 1. The van der Waals surface area contributed by atoms with E-state index in [4.69, 9.17) is 10.5 Å². The Kier molecular flexibility index (Phi) is 2.86. The summed E-state index contributed by atoms with van der Waals surface area (Å²) in [4.78, 5) is 13.6. The van der Waals surface area contributed by atoms with E-state index in [1.807, 2.05) is 19.2 Å². The van der Waals surface area contributed by atoms with E-state index in [1.54, 1.807) is 0 Å². The van der Waals surface area contributed by atoms with Gasteiger partial charge in [0.25, 0.3) is 0 Å². The number of fused-ring (bicyclic) bond motifs is 1. The normalized spacial score (nSPS) is 25.3. The van der Waals surface area contributed by atoms with Gasteiger partial charge in [-0.15, -0.1) is 0 Å². The molecule has 102 valence electrons. The molecule has 5 heteroatoms. The molecule has 1 aromatic carbocycles. The third kappa shape index (κ3) is 2.04. The van der Waals surface area contributed by atoms with Crippen molar-refractivity contribution in [2.24, 2.45) is 0 Å². The molecule has 1 fully saturated rings. The van der Waals surface area contributed by atoms with Crippen molar-refractivity contribution in [3.05, 3.63) is 17.7 Å². The number of hydrogen-bond acceptors (Lipinski definition) is 4. The summed E-state index contributed by atoms with van der Waals surface area (Å²) < 4.78 is 5.61. The number of nitrogens with one attached hydrogen (secondary N) is 1. The number of anilines is 3. The van der Waals surface area contributed by atoms with E-state index in [1.165, 1.54) is 0 Å². The zero-order valence-electron chi connectivity index (χ0n) is 11.3. The highest BCUT2D eigenvalue weighted by Gasteiger charge is 2.30. The maximum absolute atomic E-state index is 11.4. The Balaban J connectivity index is 1.93. The number of nitrogen functional groups attached to an aromatic ring is 1. The minimum absolute atomic E-state index is 0.0340. The minimum Gasteiger partial charge on any atom is -0.397 e. The molecule has 1 aromatic rings. The molecule has 2 aliphatic rings. The van der Waals surface area contributed by atoms with Crippen molar-refractivity contribution in [3.8, 4) is 0 Å². The number of carbonyl (C=O) groups is 1. The van der Waals surface area contributed by atoms with Crippen LogP contribution in [-0.2, 0) is 16.0 Å². The van der Waals surface area contributed by atoms with Gasteiger partial charge in [0.05, 0.1) is 29.9 Å². The van der Waals surface area contributed by atoms with E-state index in [-0.39, 0.29) is 12.0 Å². The zero-order valence-corrected chi connectivity index (χ0v) is 11.3. The lowest BCUT2D eigenvalue weighted by Crippen LogP contribution is -2.37. The lowest BCUT2D eigenvalue weighted by molar-refractivity contribution is -0.115. The Labute approximate surface area is 112 Å². The van der Waals surface area contributed by atoms with Crippen LogP contribution in [0.2, 0.25) is 0 Å². The van der Waals surface area contributed by atoms with Gasteiger partial charge in [-0.25, -0.2) is 0 Å².